The first-order chi connectivity index (χ1) is 13.1. The van der Waals surface area contributed by atoms with Crippen LogP contribution in [0.2, 0.25) is 0 Å². The molecule has 1 fully saturated rings. The van der Waals surface area contributed by atoms with E-state index in [4.69, 9.17) is 6.42 Å². The Bertz CT molecular complexity index is 883. The summed E-state index contributed by atoms with van der Waals surface area (Å²) >= 11 is 0. The Balaban J connectivity index is 2.02. The minimum Gasteiger partial charge on any atom is -0.207 e. The van der Waals surface area contributed by atoms with Gasteiger partial charge in [-0.25, -0.2) is 4.39 Å². The van der Waals surface area contributed by atoms with Gasteiger partial charge in [-0.2, -0.15) is 0 Å². The van der Waals surface area contributed by atoms with Gasteiger partial charge >= 0.3 is 0 Å². The summed E-state index contributed by atoms with van der Waals surface area (Å²) in [4.78, 5) is 0. The summed E-state index contributed by atoms with van der Waals surface area (Å²) in [5.74, 6) is 3.76. The quantitative estimate of drug-likeness (QED) is 0.402. The number of hydrogen-bond acceptors (Lipinski definition) is 0. The van der Waals surface area contributed by atoms with Crippen molar-refractivity contribution in [3.05, 3.63) is 89.8 Å². The van der Waals surface area contributed by atoms with Crippen LogP contribution in [0.25, 0.3) is 5.57 Å². The molecule has 0 spiro atoms. The zero-order valence-electron chi connectivity index (χ0n) is 16.0. The topological polar surface area (TPSA) is 0 Å². The zero-order chi connectivity index (χ0) is 19.4. The van der Waals surface area contributed by atoms with E-state index in [-0.39, 0.29) is 17.7 Å². The molecule has 1 aliphatic carbocycles. The lowest BCUT2D eigenvalue weighted by atomic mass is 9.66. The molecule has 1 heteroatoms. The van der Waals surface area contributed by atoms with Crippen LogP contribution in [0.3, 0.4) is 0 Å². The van der Waals surface area contributed by atoms with E-state index in [1.54, 1.807) is 6.07 Å². The molecule has 1 saturated carbocycles. The molecule has 0 heterocycles. The Morgan fingerprint density at radius 2 is 2.00 bits per heavy atom. The van der Waals surface area contributed by atoms with Crippen LogP contribution in [-0.2, 0) is 0 Å². The van der Waals surface area contributed by atoms with Crippen LogP contribution in [0, 0.1) is 36.9 Å². The standard InChI is InChI=1S/C26H27F/c1-5-10-20-15-16-24(23-13-9-14-26(27)19(23)4)25(17-20)18(3)22-12-8-7-11-21(22)6-2/h2,5,7-9,11-14,20,24-25H,1,3,10,15-17H2,4H3/t20?,24?,25-/m0/s1. The lowest BCUT2D eigenvalue weighted by molar-refractivity contribution is 0.277. The van der Waals surface area contributed by atoms with Crippen molar-refractivity contribution in [3.8, 4) is 12.3 Å². The van der Waals surface area contributed by atoms with Crippen molar-refractivity contribution in [2.75, 3.05) is 0 Å². The van der Waals surface area contributed by atoms with Gasteiger partial charge in [0.2, 0.25) is 0 Å². The maximum absolute atomic E-state index is 14.2. The summed E-state index contributed by atoms with van der Waals surface area (Å²) in [7, 11) is 0. The molecular formula is C26H27F. The third kappa shape index (κ3) is 3.91. The SMILES string of the molecule is C#Cc1ccccc1C(=C)[C@@H]1CC(CC=C)CCC1c1cccc(F)c1C. The highest BCUT2D eigenvalue weighted by molar-refractivity contribution is 5.71. The monoisotopic (exact) mass is 358 g/mol. The summed E-state index contributed by atoms with van der Waals surface area (Å²) in [5.41, 5.74) is 4.86. The molecule has 3 atom stereocenters. The maximum Gasteiger partial charge on any atom is 0.126 e. The molecule has 0 aromatic heterocycles. The van der Waals surface area contributed by atoms with Gasteiger partial charge in [0.05, 0.1) is 0 Å². The van der Waals surface area contributed by atoms with Crippen molar-refractivity contribution in [2.45, 2.75) is 38.5 Å². The molecule has 0 saturated heterocycles. The van der Waals surface area contributed by atoms with Gasteiger partial charge in [-0.15, -0.1) is 13.0 Å². The Kier molecular flexibility index (Phi) is 5.97. The summed E-state index contributed by atoms with van der Waals surface area (Å²) in [6, 6.07) is 13.4. The molecule has 0 aliphatic heterocycles. The molecule has 0 amide bonds. The fourth-order valence-electron chi connectivity index (χ4n) is 4.58. The van der Waals surface area contributed by atoms with Crippen LogP contribution in [0.15, 0.2) is 61.7 Å². The molecule has 0 nitrogen and oxygen atoms in total. The maximum atomic E-state index is 14.2. The van der Waals surface area contributed by atoms with Gasteiger partial charge in [-0.3, -0.25) is 0 Å². The van der Waals surface area contributed by atoms with Gasteiger partial charge in [0, 0.05) is 5.56 Å². The molecule has 0 radical (unpaired) electrons. The van der Waals surface area contributed by atoms with Gasteiger partial charge in [0.1, 0.15) is 5.82 Å². The van der Waals surface area contributed by atoms with Crippen molar-refractivity contribution in [2.24, 2.45) is 11.8 Å². The molecule has 27 heavy (non-hydrogen) atoms. The molecule has 138 valence electrons. The zero-order valence-corrected chi connectivity index (χ0v) is 16.0. The van der Waals surface area contributed by atoms with E-state index < -0.39 is 0 Å². The van der Waals surface area contributed by atoms with E-state index in [1.165, 1.54) is 0 Å². The van der Waals surface area contributed by atoms with Crippen LogP contribution >= 0.6 is 0 Å². The number of terminal acetylenes is 1. The van der Waals surface area contributed by atoms with Gasteiger partial charge in [-0.1, -0.05) is 48.9 Å². The normalized spacial score (nSPS) is 22.0. The van der Waals surface area contributed by atoms with E-state index in [9.17, 15) is 4.39 Å². The van der Waals surface area contributed by atoms with E-state index in [1.807, 2.05) is 37.3 Å². The molecule has 2 unspecified atom stereocenters. The highest BCUT2D eigenvalue weighted by Crippen LogP contribution is 2.48. The molecule has 2 aromatic carbocycles. The second kappa shape index (κ2) is 8.40. The molecule has 0 bridgehead atoms. The summed E-state index contributed by atoms with van der Waals surface area (Å²) in [6.45, 7) is 10.3. The number of rotatable bonds is 5. The van der Waals surface area contributed by atoms with E-state index in [0.717, 1.165) is 53.5 Å². The van der Waals surface area contributed by atoms with E-state index >= 15 is 0 Å². The predicted octanol–water partition coefficient (Wildman–Crippen LogP) is 6.90. The molecule has 2 aromatic rings. The molecular weight excluding hydrogens is 331 g/mol. The molecule has 3 rings (SSSR count). The number of allylic oxidation sites excluding steroid dienone is 2. The minimum absolute atomic E-state index is 0.130. The lowest BCUT2D eigenvalue weighted by Crippen LogP contribution is -2.25. The van der Waals surface area contributed by atoms with Crippen molar-refractivity contribution in [3.63, 3.8) is 0 Å². The minimum atomic E-state index is -0.130. The third-order valence-corrected chi connectivity index (χ3v) is 6.04. The first kappa shape index (κ1) is 19.2. The Labute approximate surface area is 162 Å². The number of benzene rings is 2. The third-order valence-electron chi connectivity index (χ3n) is 6.04. The van der Waals surface area contributed by atoms with Crippen molar-refractivity contribution < 1.29 is 4.39 Å². The lowest BCUT2D eigenvalue weighted by Gasteiger charge is -2.38. The smallest absolute Gasteiger partial charge is 0.126 e. The molecule has 1 aliphatic rings. The van der Waals surface area contributed by atoms with Crippen LogP contribution in [-0.4, -0.2) is 0 Å². The average molecular weight is 359 g/mol. The van der Waals surface area contributed by atoms with Crippen LogP contribution in [0.5, 0.6) is 0 Å². The van der Waals surface area contributed by atoms with E-state index in [0.29, 0.717) is 5.92 Å². The van der Waals surface area contributed by atoms with Crippen molar-refractivity contribution in [1.29, 1.82) is 0 Å². The van der Waals surface area contributed by atoms with Crippen LogP contribution < -0.4 is 0 Å². The first-order valence-corrected chi connectivity index (χ1v) is 9.67. The van der Waals surface area contributed by atoms with E-state index in [2.05, 4.69) is 31.2 Å². The first-order valence-electron chi connectivity index (χ1n) is 9.67. The Morgan fingerprint density at radius 1 is 1.22 bits per heavy atom. The summed E-state index contributed by atoms with van der Waals surface area (Å²) in [5, 5.41) is 0. The predicted molar refractivity (Wildman–Crippen MR) is 113 cm³/mol. The Morgan fingerprint density at radius 3 is 2.74 bits per heavy atom. The fraction of sp³-hybridized carbons (Fsp3) is 0.308. The fourth-order valence-corrected chi connectivity index (χ4v) is 4.58. The highest BCUT2D eigenvalue weighted by Gasteiger charge is 2.34. The van der Waals surface area contributed by atoms with Crippen LogP contribution in [0.1, 0.15) is 53.9 Å². The Hall–Kier alpha value is -2.59. The van der Waals surface area contributed by atoms with Gasteiger partial charge in [0.15, 0.2) is 0 Å². The van der Waals surface area contributed by atoms with Crippen LogP contribution in [0.4, 0.5) is 4.39 Å². The second-order valence-electron chi connectivity index (χ2n) is 7.59. The van der Waals surface area contributed by atoms with Gasteiger partial charge < -0.3 is 0 Å². The van der Waals surface area contributed by atoms with Gasteiger partial charge in [-0.05, 0) is 84.8 Å². The number of halogens is 1. The summed E-state index contributed by atoms with van der Waals surface area (Å²) < 4.78 is 14.2. The van der Waals surface area contributed by atoms with Crippen molar-refractivity contribution >= 4 is 5.57 Å². The van der Waals surface area contributed by atoms with Gasteiger partial charge in [0.25, 0.3) is 0 Å². The van der Waals surface area contributed by atoms with Crippen molar-refractivity contribution in [1.82, 2.24) is 0 Å². The average Bonchev–Trinajstić information content (AvgIpc) is 2.70. The molecule has 0 N–H and O–H groups in total. The number of hydrogen-bond donors (Lipinski definition) is 0. The largest absolute Gasteiger partial charge is 0.207 e. The summed E-state index contributed by atoms with van der Waals surface area (Å²) in [6.07, 6.45) is 11.9. The second-order valence-corrected chi connectivity index (χ2v) is 7.59. The highest BCUT2D eigenvalue weighted by atomic mass is 19.1.